The number of thiazole rings is 1. The number of alkyl halides is 3. The predicted molar refractivity (Wildman–Crippen MR) is 53.1 cm³/mol. The SMILES string of the molecule is CC(=O)c1nc2sc(C(F)(F)F)cn2c1Cl. The molecule has 8 heteroatoms. The second-order valence-electron chi connectivity index (χ2n) is 3.05. The maximum absolute atomic E-state index is 12.4. The van der Waals surface area contributed by atoms with Gasteiger partial charge in [0, 0.05) is 13.1 Å². The Morgan fingerprint density at radius 1 is 1.56 bits per heavy atom. The lowest BCUT2D eigenvalue weighted by Crippen LogP contribution is -2.01. The Balaban J connectivity index is 2.63. The van der Waals surface area contributed by atoms with E-state index in [1.165, 1.54) is 6.92 Å². The first-order chi connectivity index (χ1) is 7.30. The van der Waals surface area contributed by atoms with Gasteiger partial charge in [-0.25, -0.2) is 4.98 Å². The molecule has 0 aliphatic rings. The number of fused-ring (bicyclic) bond motifs is 1. The Morgan fingerprint density at radius 2 is 2.19 bits per heavy atom. The molecule has 0 aliphatic carbocycles. The van der Waals surface area contributed by atoms with Crippen LogP contribution in [0.2, 0.25) is 5.15 Å². The van der Waals surface area contributed by atoms with Crippen LogP contribution in [0.5, 0.6) is 0 Å². The average Bonchev–Trinajstić information content (AvgIpc) is 2.64. The van der Waals surface area contributed by atoms with Gasteiger partial charge in [-0.3, -0.25) is 9.20 Å². The average molecular weight is 269 g/mol. The summed E-state index contributed by atoms with van der Waals surface area (Å²) in [6.45, 7) is 1.25. The van der Waals surface area contributed by atoms with Gasteiger partial charge in [-0.15, -0.1) is 0 Å². The molecule has 86 valence electrons. The summed E-state index contributed by atoms with van der Waals surface area (Å²) < 4.78 is 38.1. The second-order valence-corrected chi connectivity index (χ2v) is 4.42. The lowest BCUT2D eigenvalue weighted by Gasteiger charge is -1.99. The van der Waals surface area contributed by atoms with E-state index < -0.39 is 11.1 Å². The smallest absolute Gasteiger partial charge is 0.293 e. The first-order valence-electron chi connectivity index (χ1n) is 4.06. The molecule has 0 bridgehead atoms. The van der Waals surface area contributed by atoms with Crippen molar-refractivity contribution >= 4 is 33.7 Å². The van der Waals surface area contributed by atoms with Crippen molar-refractivity contribution < 1.29 is 18.0 Å². The number of carbonyl (C=O) groups excluding carboxylic acids is 1. The molecule has 0 atom stereocenters. The zero-order valence-electron chi connectivity index (χ0n) is 7.80. The van der Waals surface area contributed by atoms with Gasteiger partial charge in [0.2, 0.25) is 0 Å². The molecule has 2 aromatic heterocycles. The standard InChI is InChI=1S/C8H4ClF3N2OS/c1-3(15)5-6(9)14-2-4(8(10,11)12)16-7(14)13-5/h2H,1H3. The van der Waals surface area contributed by atoms with Gasteiger partial charge in [0.25, 0.3) is 0 Å². The van der Waals surface area contributed by atoms with Crippen LogP contribution in [-0.4, -0.2) is 15.2 Å². The van der Waals surface area contributed by atoms with E-state index >= 15 is 0 Å². The van der Waals surface area contributed by atoms with Crippen LogP contribution >= 0.6 is 22.9 Å². The Morgan fingerprint density at radius 3 is 2.62 bits per heavy atom. The van der Waals surface area contributed by atoms with E-state index in [-0.39, 0.29) is 21.6 Å². The lowest BCUT2D eigenvalue weighted by molar-refractivity contribution is -0.134. The van der Waals surface area contributed by atoms with Gasteiger partial charge in [0.05, 0.1) is 0 Å². The van der Waals surface area contributed by atoms with Gasteiger partial charge >= 0.3 is 6.18 Å². The van der Waals surface area contributed by atoms with Crippen molar-refractivity contribution in [2.75, 3.05) is 0 Å². The molecule has 0 radical (unpaired) electrons. The molecule has 0 N–H and O–H groups in total. The largest absolute Gasteiger partial charge is 0.427 e. The molecule has 0 spiro atoms. The zero-order chi connectivity index (χ0) is 12.1. The number of rotatable bonds is 1. The summed E-state index contributed by atoms with van der Waals surface area (Å²) in [5, 5.41) is -0.0887. The molecule has 0 saturated carbocycles. The maximum atomic E-state index is 12.4. The van der Waals surface area contributed by atoms with E-state index in [4.69, 9.17) is 11.6 Å². The van der Waals surface area contributed by atoms with Gasteiger partial charge in [-0.05, 0) is 0 Å². The predicted octanol–water partition coefficient (Wildman–Crippen LogP) is 3.27. The number of halogens is 4. The van der Waals surface area contributed by atoms with Crippen molar-refractivity contribution in [1.29, 1.82) is 0 Å². The molecule has 2 aromatic rings. The van der Waals surface area contributed by atoms with Crippen LogP contribution in [0.15, 0.2) is 6.20 Å². The van der Waals surface area contributed by atoms with Crippen LogP contribution in [0, 0.1) is 0 Å². The minimum absolute atomic E-state index is 0.0124. The summed E-state index contributed by atoms with van der Waals surface area (Å²) >= 11 is 6.18. The molecule has 0 saturated heterocycles. The molecule has 0 amide bonds. The number of hydrogen-bond acceptors (Lipinski definition) is 3. The van der Waals surface area contributed by atoms with Gasteiger partial charge in [-0.1, -0.05) is 22.9 Å². The minimum Gasteiger partial charge on any atom is -0.293 e. The summed E-state index contributed by atoms with van der Waals surface area (Å²) in [7, 11) is 0. The maximum Gasteiger partial charge on any atom is 0.427 e. The fraction of sp³-hybridized carbons (Fsp3) is 0.250. The Kier molecular flexibility index (Phi) is 2.47. The number of hydrogen-bond donors (Lipinski definition) is 0. The van der Waals surface area contributed by atoms with Crippen LogP contribution in [0.1, 0.15) is 22.3 Å². The van der Waals surface area contributed by atoms with Crippen LogP contribution in [-0.2, 0) is 6.18 Å². The molecule has 0 aliphatic heterocycles. The van der Waals surface area contributed by atoms with Crippen LogP contribution in [0.25, 0.3) is 4.96 Å². The Hall–Kier alpha value is -1.08. The van der Waals surface area contributed by atoms with Crippen molar-refractivity contribution in [1.82, 2.24) is 9.38 Å². The van der Waals surface area contributed by atoms with E-state index in [0.717, 1.165) is 10.6 Å². The van der Waals surface area contributed by atoms with Gasteiger partial charge in [0.15, 0.2) is 10.7 Å². The third-order valence-electron chi connectivity index (χ3n) is 1.88. The summed E-state index contributed by atoms with van der Waals surface area (Å²) in [4.78, 5) is 14.0. The third kappa shape index (κ3) is 1.69. The normalized spacial score (nSPS) is 12.3. The Bertz CT molecular complexity index is 572. The second kappa shape index (κ2) is 3.46. The quantitative estimate of drug-likeness (QED) is 0.744. The molecule has 3 nitrogen and oxygen atoms in total. The molecular weight excluding hydrogens is 265 g/mol. The number of imidazole rings is 1. The van der Waals surface area contributed by atoms with Crippen molar-refractivity contribution in [2.24, 2.45) is 0 Å². The molecular formula is C8H4ClF3N2OS. The minimum atomic E-state index is -4.43. The van der Waals surface area contributed by atoms with Gasteiger partial charge in [0.1, 0.15) is 15.7 Å². The molecule has 2 rings (SSSR count). The first kappa shape index (κ1) is 11.4. The van der Waals surface area contributed by atoms with E-state index in [9.17, 15) is 18.0 Å². The first-order valence-corrected chi connectivity index (χ1v) is 5.25. The number of carbonyl (C=O) groups is 1. The number of nitrogens with zero attached hydrogens (tertiary/aromatic N) is 2. The summed E-state index contributed by atoms with van der Waals surface area (Å²) in [6, 6.07) is 0. The van der Waals surface area contributed by atoms with E-state index in [1.807, 2.05) is 0 Å². The van der Waals surface area contributed by atoms with Crippen LogP contribution in [0.4, 0.5) is 13.2 Å². The monoisotopic (exact) mass is 268 g/mol. The van der Waals surface area contributed by atoms with Gasteiger partial charge in [-0.2, -0.15) is 13.2 Å². The van der Waals surface area contributed by atoms with Crippen LogP contribution < -0.4 is 0 Å². The van der Waals surface area contributed by atoms with Crippen molar-refractivity contribution in [2.45, 2.75) is 13.1 Å². The third-order valence-corrected chi connectivity index (χ3v) is 3.27. The van der Waals surface area contributed by atoms with Crippen LogP contribution in [0.3, 0.4) is 0 Å². The highest BCUT2D eigenvalue weighted by Crippen LogP contribution is 2.36. The fourth-order valence-electron chi connectivity index (χ4n) is 1.17. The van der Waals surface area contributed by atoms with E-state index in [2.05, 4.69) is 4.98 Å². The van der Waals surface area contributed by atoms with Crippen molar-refractivity contribution in [3.05, 3.63) is 21.9 Å². The number of aromatic nitrogens is 2. The Labute approximate surface area is 96.5 Å². The van der Waals surface area contributed by atoms with Crippen molar-refractivity contribution in [3.8, 4) is 0 Å². The van der Waals surface area contributed by atoms with Crippen molar-refractivity contribution in [3.63, 3.8) is 0 Å². The highest BCUT2D eigenvalue weighted by atomic mass is 35.5. The number of ketones is 1. The summed E-state index contributed by atoms with van der Waals surface area (Å²) in [6.07, 6.45) is -3.59. The molecule has 16 heavy (non-hydrogen) atoms. The number of Topliss-reactive ketones (excluding diaryl/α,β-unsaturated/α-hetero) is 1. The topological polar surface area (TPSA) is 34.4 Å². The highest BCUT2D eigenvalue weighted by Gasteiger charge is 2.34. The fourth-order valence-corrected chi connectivity index (χ4v) is 2.38. The van der Waals surface area contributed by atoms with E-state index in [0.29, 0.717) is 11.3 Å². The summed E-state index contributed by atoms with van der Waals surface area (Å²) in [5.74, 6) is -0.380. The molecule has 0 fully saturated rings. The summed E-state index contributed by atoms with van der Waals surface area (Å²) in [5.41, 5.74) is -0.0124. The molecule has 0 aromatic carbocycles. The molecule has 0 unspecified atom stereocenters. The highest BCUT2D eigenvalue weighted by molar-refractivity contribution is 7.17. The van der Waals surface area contributed by atoms with Gasteiger partial charge < -0.3 is 0 Å². The molecule has 2 heterocycles. The zero-order valence-corrected chi connectivity index (χ0v) is 9.37. The van der Waals surface area contributed by atoms with E-state index in [1.54, 1.807) is 0 Å². The lowest BCUT2D eigenvalue weighted by atomic mass is 10.3.